The van der Waals surface area contributed by atoms with E-state index in [1.807, 2.05) is 30.5 Å². The average Bonchev–Trinajstić information content (AvgIpc) is 3.14. The standard InChI is InChI=1S/C22H17N3O3/c23-12-15-10-18-20(11-22(15)27-13-17-5-8-26-17)25-7-4-21(18)28-16-1-2-19-14(9-16)3-6-24-19/h1-4,6-7,9-11,17,24H,5,8,13H2/t17-/m1/s1. The van der Waals surface area contributed by atoms with Crippen molar-refractivity contribution in [1.29, 1.82) is 5.26 Å². The number of hydrogen-bond donors (Lipinski definition) is 1. The van der Waals surface area contributed by atoms with Gasteiger partial charge in [0.25, 0.3) is 0 Å². The van der Waals surface area contributed by atoms with Gasteiger partial charge in [-0.3, -0.25) is 4.98 Å². The molecule has 0 unspecified atom stereocenters. The number of nitrogens with zero attached hydrogens (tertiary/aromatic N) is 2. The lowest BCUT2D eigenvalue weighted by molar-refractivity contribution is -0.0721. The van der Waals surface area contributed by atoms with E-state index >= 15 is 0 Å². The van der Waals surface area contributed by atoms with Gasteiger partial charge in [-0.15, -0.1) is 0 Å². The van der Waals surface area contributed by atoms with E-state index in [2.05, 4.69) is 16.0 Å². The summed E-state index contributed by atoms with van der Waals surface area (Å²) in [7, 11) is 0. The Morgan fingerprint density at radius 2 is 2.11 bits per heavy atom. The van der Waals surface area contributed by atoms with Gasteiger partial charge in [0.2, 0.25) is 0 Å². The Bertz CT molecular complexity index is 1200. The number of hydrogen-bond acceptors (Lipinski definition) is 5. The van der Waals surface area contributed by atoms with Gasteiger partial charge in [0.15, 0.2) is 0 Å². The first-order valence-electron chi connectivity index (χ1n) is 9.12. The van der Waals surface area contributed by atoms with E-state index < -0.39 is 0 Å². The molecule has 0 radical (unpaired) electrons. The third kappa shape index (κ3) is 3.02. The van der Waals surface area contributed by atoms with E-state index in [9.17, 15) is 5.26 Å². The molecule has 0 amide bonds. The van der Waals surface area contributed by atoms with Crippen molar-refractivity contribution in [3.05, 3.63) is 60.4 Å². The van der Waals surface area contributed by atoms with E-state index in [-0.39, 0.29) is 6.10 Å². The number of aromatic amines is 1. The molecule has 2 aromatic heterocycles. The fourth-order valence-corrected chi connectivity index (χ4v) is 3.26. The third-order valence-electron chi connectivity index (χ3n) is 4.89. The van der Waals surface area contributed by atoms with E-state index in [0.717, 1.165) is 35.1 Å². The Hall–Kier alpha value is -3.56. The van der Waals surface area contributed by atoms with E-state index in [0.29, 0.717) is 29.2 Å². The molecule has 28 heavy (non-hydrogen) atoms. The Labute approximate surface area is 161 Å². The van der Waals surface area contributed by atoms with Crippen LogP contribution in [0.3, 0.4) is 0 Å². The SMILES string of the molecule is N#Cc1cc2c(Oc3ccc4[nH]ccc4c3)ccnc2cc1OC[C@H]1CCO1. The maximum absolute atomic E-state index is 9.56. The second-order valence-corrected chi connectivity index (χ2v) is 6.71. The van der Waals surface area contributed by atoms with Crippen LogP contribution in [0.25, 0.3) is 21.8 Å². The van der Waals surface area contributed by atoms with Gasteiger partial charge in [-0.2, -0.15) is 5.26 Å². The molecular formula is C22H17N3O3. The van der Waals surface area contributed by atoms with Gasteiger partial charge in [0, 0.05) is 47.8 Å². The van der Waals surface area contributed by atoms with Crippen molar-refractivity contribution in [2.24, 2.45) is 0 Å². The van der Waals surface area contributed by atoms with Crippen LogP contribution < -0.4 is 9.47 Å². The van der Waals surface area contributed by atoms with Crippen molar-refractivity contribution in [1.82, 2.24) is 9.97 Å². The third-order valence-corrected chi connectivity index (χ3v) is 4.89. The minimum absolute atomic E-state index is 0.105. The van der Waals surface area contributed by atoms with E-state index in [1.54, 1.807) is 24.4 Å². The highest BCUT2D eigenvalue weighted by molar-refractivity contribution is 5.88. The molecule has 0 bridgehead atoms. The lowest BCUT2D eigenvalue weighted by Gasteiger charge is -2.26. The van der Waals surface area contributed by atoms with Crippen molar-refractivity contribution >= 4 is 21.8 Å². The van der Waals surface area contributed by atoms with Crippen LogP contribution in [-0.2, 0) is 4.74 Å². The number of nitrogens with one attached hydrogen (secondary N) is 1. The average molecular weight is 371 g/mol. The van der Waals surface area contributed by atoms with E-state index in [1.165, 1.54) is 0 Å². The van der Waals surface area contributed by atoms with Crippen LogP contribution in [0, 0.1) is 11.3 Å². The van der Waals surface area contributed by atoms with Crippen LogP contribution in [0.1, 0.15) is 12.0 Å². The fourth-order valence-electron chi connectivity index (χ4n) is 3.26. The maximum atomic E-state index is 9.56. The molecule has 0 aliphatic carbocycles. The van der Waals surface area contributed by atoms with Crippen molar-refractivity contribution in [2.75, 3.05) is 13.2 Å². The molecule has 0 saturated carbocycles. The van der Waals surface area contributed by atoms with Crippen LogP contribution in [0.5, 0.6) is 17.2 Å². The summed E-state index contributed by atoms with van der Waals surface area (Å²) < 4.78 is 17.3. The smallest absolute Gasteiger partial charge is 0.139 e. The lowest BCUT2D eigenvalue weighted by atomic mass is 10.1. The Morgan fingerprint density at radius 1 is 1.18 bits per heavy atom. The molecule has 5 rings (SSSR count). The van der Waals surface area contributed by atoms with Gasteiger partial charge < -0.3 is 19.2 Å². The number of fused-ring (bicyclic) bond motifs is 2. The zero-order valence-corrected chi connectivity index (χ0v) is 15.0. The first kappa shape index (κ1) is 16.6. The molecule has 1 N–H and O–H groups in total. The van der Waals surface area contributed by atoms with Gasteiger partial charge in [0.1, 0.15) is 29.9 Å². The van der Waals surface area contributed by atoms with Crippen molar-refractivity contribution in [3.8, 4) is 23.3 Å². The molecule has 1 saturated heterocycles. The van der Waals surface area contributed by atoms with Crippen LogP contribution in [0.15, 0.2) is 54.9 Å². The first-order valence-corrected chi connectivity index (χ1v) is 9.12. The topological polar surface area (TPSA) is 80.2 Å². The minimum atomic E-state index is 0.105. The first-order chi connectivity index (χ1) is 13.8. The Morgan fingerprint density at radius 3 is 2.93 bits per heavy atom. The maximum Gasteiger partial charge on any atom is 0.139 e. The largest absolute Gasteiger partial charge is 0.489 e. The molecule has 0 spiro atoms. The van der Waals surface area contributed by atoms with Gasteiger partial charge >= 0.3 is 0 Å². The summed E-state index contributed by atoms with van der Waals surface area (Å²) >= 11 is 0. The number of benzene rings is 2. The molecular weight excluding hydrogens is 354 g/mol. The van der Waals surface area contributed by atoms with Gasteiger partial charge in [-0.25, -0.2) is 0 Å². The van der Waals surface area contributed by atoms with Crippen molar-refractivity contribution in [2.45, 2.75) is 12.5 Å². The molecule has 1 aliphatic rings. The molecule has 2 aromatic carbocycles. The van der Waals surface area contributed by atoms with E-state index in [4.69, 9.17) is 14.2 Å². The summed E-state index contributed by atoms with van der Waals surface area (Å²) in [5.74, 6) is 1.88. The monoisotopic (exact) mass is 371 g/mol. The molecule has 6 heteroatoms. The van der Waals surface area contributed by atoms with Gasteiger partial charge in [-0.05, 0) is 36.4 Å². The molecule has 1 fully saturated rings. The number of ether oxygens (including phenoxy) is 3. The molecule has 4 aromatic rings. The second-order valence-electron chi connectivity index (χ2n) is 6.71. The molecule has 138 valence electrons. The minimum Gasteiger partial charge on any atom is -0.489 e. The van der Waals surface area contributed by atoms with Crippen LogP contribution >= 0.6 is 0 Å². The summed E-state index contributed by atoms with van der Waals surface area (Å²) in [6, 6.07) is 15.4. The normalized spacial score (nSPS) is 15.9. The summed E-state index contributed by atoms with van der Waals surface area (Å²) in [4.78, 5) is 7.58. The molecule has 1 aliphatic heterocycles. The van der Waals surface area contributed by atoms with Crippen molar-refractivity contribution in [3.63, 3.8) is 0 Å². The summed E-state index contributed by atoms with van der Waals surface area (Å²) in [5, 5.41) is 11.4. The van der Waals surface area contributed by atoms with Gasteiger partial charge in [-0.1, -0.05) is 0 Å². The number of nitriles is 1. The van der Waals surface area contributed by atoms with Crippen molar-refractivity contribution < 1.29 is 14.2 Å². The summed E-state index contributed by atoms with van der Waals surface area (Å²) in [6.45, 7) is 1.21. The predicted octanol–water partition coefficient (Wildman–Crippen LogP) is 4.55. The lowest BCUT2D eigenvalue weighted by Crippen LogP contribution is -2.32. The van der Waals surface area contributed by atoms with Crippen LogP contribution in [0.4, 0.5) is 0 Å². The fraction of sp³-hybridized carbons (Fsp3) is 0.182. The second kappa shape index (κ2) is 6.87. The number of pyridine rings is 1. The number of H-pyrrole nitrogens is 1. The highest BCUT2D eigenvalue weighted by Crippen LogP contribution is 2.34. The Balaban J connectivity index is 1.49. The zero-order chi connectivity index (χ0) is 18.9. The zero-order valence-electron chi connectivity index (χ0n) is 15.0. The Kier molecular flexibility index (Phi) is 4.08. The highest BCUT2D eigenvalue weighted by Gasteiger charge is 2.20. The quantitative estimate of drug-likeness (QED) is 0.557. The number of aromatic nitrogens is 2. The summed E-state index contributed by atoms with van der Waals surface area (Å²) in [6.07, 6.45) is 4.67. The molecule has 1 atom stereocenters. The molecule has 6 nitrogen and oxygen atoms in total. The summed E-state index contributed by atoms with van der Waals surface area (Å²) in [5.41, 5.74) is 2.21. The van der Waals surface area contributed by atoms with Crippen LogP contribution in [0.2, 0.25) is 0 Å². The highest BCUT2D eigenvalue weighted by atomic mass is 16.5. The molecule has 3 heterocycles. The predicted molar refractivity (Wildman–Crippen MR) is 105 cm³/mol. The number of rotatable bonds is 5. The van der Waals surface area contributed by atoms with Crippen LogP contribution in [-0.4, -0.2) is 29.3 Å². The van der Waals surface area contributed by atoms with Gasteiger partial charge in [0.05, 0.1) is 17.2 Å².